The summed E-state index contributed by atoms with van der Waals surface area (Å²) in [6.07, 6.45) is 11.1. The van der Waals surface area contributed by atoms with Crippen LogP contribution in [0.15, 0.2) is 0 Å². The van der Waals surface area contributed by atoms with Crippen molar-refractivity contribution in [2.24, 2.45) is 23.7 Å². The van der Waals surface area contributed by atoms with E-state index in [-0.39, 0.29) is 0 Å². The monoisotopic (exact) mass is 314 g/mol. The molecule has 0 saturated carbocycles. The summed E-state index contributed by atoms with van der Waals surface area (Å²) in [5.41, 5.74) is 0. The van der Waals surface area contributed by atoms with Gasteiger partial charge in [-0.25, -0.2) is 0 Å². The van der Waals surface area contributed by atoms with Crippen molar-refractivity contribution < 1.29 is 0 Å². The van der Waals surface area contributed by atoms with Crippen LogP contribution in [-0.4, -0.2) is 0 Å². The summed E-state index contributed by atoms with van der Waals surface area (Å²) in [6, 6.07) is 0. The van der Waals surface area contributed by atoms with Crippen molar-refractivity contribution in [3.63, 3.8) is 0 Å². The first kappa shape index (κ1) is 26.9. The molecule has 0 N–H and O–H groups in total. The molecular weight excluding hydrogens is 264 g/mol. The van der Waals surface area contributed by atoms with Gasteiger partial charge in [-0.3, -0.25) is 0 Å². The Morgan fingerprint density at radius 1 is 0.591 bits per heavy atom. The van der Waals surface area contributed by atoms with Gasteiger partial charge in [-0.15, -0.1) is 0 Å². The van der Waals surface area contributed by atoms with Crippen molar-refractivity contribution in [3.8, 4) is 0 Å². The maximum atomic E-state index is 2.42. The third kappa shape index (κ3) is 22.3. The molecule has 0 aliphatic heterocycles. The topological polar surface area (TPSA) is 0 Å². The Hall–Kier alpha value is 0. The molecular formula is C22H50. The second-order valence-electron chi connectivity index (χ2n) is 7.37. The summed E-state index contributed by atoms with van der Waals surface area (Å²) in [4.78, 5) is 0. The molecule has 0 amide bonds. The largest absolute Gasteiger partial charge is 0.0683 e. The van der Waals surface area contributed by atoms with Crippen LogP contribution < -0.4 is 0 Å². The number of hydrogen-bond acceptors (Lipinski definition) is 0. The molecule has 0 saturated heterocycles. The summed E-state index contributed by atoms with van der Waals surface area (Å²) in [7, 11) is 0. The van der Waals surface area contributed by atoms with Crippen molar-refractivity contribution in [2.45, 2.75) is 121 Å². The molecule has 22 heavy (non-hydrogen) atoms. The Morgan fingerprint density at radius 2 is 1.14 bits per heavy atom. The highest BCUT2D eigenvalue weighted by atomic mass is 14.2. The summed E-state index contributed by atoms with van der Waals surface area (Å²) in [5, 5.41) is 0. The second kappa shape index (κ2) is 21.0. The van der Waals surface area contributed by atoms with E-state index in [9.17, 15) is 0 Å². The van der Waals surface area contributed by atoms with E-state index in [1.807, 2.05) is 13.8 Å². The molecule has 0 heterocycles. The van der Waals surface area contributed by atoms with Crippen molar-refractivity contribution in [2.75, 3.05) is 0 Å². The molecule has 3 atom stereocenters. The van der Waals surface area contributed by atoms with Gasteiger partial charge in [0.25, 0.3) is 0 Å². The molecule has 0 spiro atoms. The van der Waals surface area contributed by atoms with Gasteiger partial charge in [0.2, 0.25) is 0 Å². The lowest BCUT2D eigenvalue weighted by atomic mass is 9.86. The Bertz CT molecular complexity index is 171. The molecule has 3 unspecified atom stereocenters. The molecule has 0 heteroatoms. The quantitative estimate of drug-likeness (QED) is 0.378. The maximum Gasteiger partial charge on any atom is -0.0417 e. The van der Waals surface area contributed by atoms with Gasteiger partial charge in [0.05, 0.1) is 0 Å². The summed E-state index contributed by atoms with van der Waals surface area (Å²) in [5.74, 6) is 3.67. The molecule has 0 aromatic rings. The zero-order valence-corrected chi connectivity index (χ0v) is 18.0. The number of hydrogen-bond donors (Lipinski definition) is 0. The normalized spacial score (nSPS) is 14.3. The second-order valence-corrected chi connectivity index (χ2v) is 7.37. The first-order valence-corrected chi connectivity index (χ1v) is 10.4. The first-order valence-electron chi connectivity index (χ1n) is 10.4. The van der Waals surface area contributed by atoms with E-state index in [1.165, 1.54) is 51.4 Å². The van der Waals surface area contributed by atoms with Crippen LogP contribution >= 0.6 is 0 Å². The first-order chi connectivity index (χ1) is 10.4. The van der Waals surface area contributed by atoms with Gasteiger partial charge in [0.15, 0.2) is 0 Å². The lowest BCUT2D eigenvalue weighted by Gasteiger charge is -2.20. The molecule has 0 rings (SSSR count). The van der Waals surface area contributed by atoms with Gasteiger partial charge in [-0.1, -0.05) is 121 Å². The standard InChI is InChI=1S/C14H30.C6H14.C2H6/c1-6-8-9-12(3)10-11-14(5)13(4)7-2;1-4-5-6(2)3;1-2/h12-14H,6-11H2,1-5H3;6H,4-5H2,1-3H3;1-2H3. The fourth-order valence-corrected chi connectivity index (χ4v) is 2.51. The van der Waals surface area contributed by atoms with E-state index < -0.39 is 0 Å². The third-order valence-corrected chi connectivity index (χ3v) is 4.65. The Labute approximate surface area is 144 Å². The van der Waals surface area contributed by atoms with E-state index in [0.29, 0.717) is 0 Å². The van der Waals surface area contributed by atoms with Gasteiger partial charge in [0.1, 0.15) is 0 Å². The van der Waals surface area contributed by atoms with Gasteiger partial charge < -0.3 is 0 Å². The van der Waals surface area contributed by atoms with Gasteiger partial charge >= 0.3 is 0 Å². The zero-order valence-electron chi connectivity index (χ0n) is 18.0. The minimum atomic E-state index is 0.898. The summed E-state index contributed by atoms with van der Waals surface area (Å²) < 4.78 is 0. The fraction of sp³-hybridized carbons (Fsp3) is 1.00. The molecule has 0 aromatic heterocycles. The van der Waals surface area contributed by atoms with Gasteiger partial charge in [-0.2, -0.15) is 0 Å². The lowest BCUT2D eigenvalue weighted by molar-refractivity contribution is 0.317. The third-order valence-electron chi connectivity index (χ3n) is 4.65. The van der Waals surface area contributed by atoms with Gasteiger partial charge in [-0.05, 0) is 23.7 Å². The van der Waals surface area contributed by atoms with E-state index in [4.69, 9.17) is 0 Å². The predicted molar refractivity (Wildman–Crippen MR) is 108 cm³/mol. The predicted octanol–water partition coefficient (Wildman–Crippen LogP) is 8.74. The Morgan fingerprint density at radius 3 is 1.45 bits per heavy atom. The molecule has 0 aromatic carbocycles. The van der Waals surface area contributed by atoms with Crippen LogP contribution in [0.4, 0.5) is 0 Å². The molecule has 138 valence electrons. The van der Waals surface area contributed by atoms with Gasteiger partial charge in [0, 0.05) is 0 Å². The van der Waals surface area contributed by atoms with Crippen LogP contribution in [0.1, 0.15) is 121 Å². The minimum Gasteiger partial charge on any atom is -0.0683 e. The highest BCUT2D eigenvalue weighted by Gasteiger charge is 2.11. The smallest absolute Gasteiger partial charge is 0.0417 e. The summed E-state index contributed by atoms with van der Waals surface area (Å²) in [6.45, 7) is 22.5. The minimum absolute atomic E-state index is 0.898. The van der Waals surface area contributed by atoms with Crippen molar-refractivity contribution in [1.82, 2.24) is 0 Å². The van der Waals surface area contributed by atoms with Crippen LogP contribution in [0.5, 0.6) is 0 Å². The number of unbranched alkanes of at least 4 members (excludes halogenated alkanes) is 1. The van der Waals surface area contributed by atoms with E-state index >= 15 is 0 Å². The molecule has 0 radical (unpaired) electrons. The average molecular weight is 315 g/mol. The molecule has 0 aliphatic rings. The average Bonchev–Trinajstić information content (AvgIpc) is 2.52. The van der Waals surface area contributed by atoms with Crippen molar-refractivity contribution >= 4 is 0 Å². The number of rotatable bonds is 10. The molecule has 0 nitrogen and oxygen atoms in total. The van der Waals surface area contributed by atoms with Crippen LogP contribution in [0.3, 0.4) is 0 Å². The Balaban J connectivity index is -0.000000378. The van der Waals surface area contributed by atoms with Crippen molar-refractivity contribution in [3.05, 3.63) is 0 Å². The van der Waals surface area contributed by atoms with E-state index in [2.05, 4.69) is 55.4 Å². The molecule has 0 bridgehead atoms. The van der Waals surface area contributed by atoms with Crippen molar-refractivity contribution in [1.29, 1.82) is 0 Å². The van der Waals surface area contributed by atoms with Crippen LogP contribution in [0, 0.1) is 23.7 Å². The van der Waals surface area contributed by atoms with Crippen LogP contribution in [0.25, 0.3) is 0 Å². The lowest BCUT2D eigenvalue weighted by Crippen LogP contribution is -2.08. The van der Waals surface area contributed by atoms with E-state index in [1.54, 1.807) is 0 Å². The SMILES string of the molecule is CC.CCCC(C)C.CCCCC(C)CCC(C)C(C)CC. The molecule has 0 fully saturated rings. The zero-order chi connectivity index (χ0) is 18.0. The maximum absolute atomic E-state index is 2.42. The van der Waals surface area contributed by atoms with E-state index in [0.717, 1.165) is 23.7 Å². The Kier molecular flexibility index (Phi) is 25.7. The summed E-state index contributed by atoms with van der Waals surface area (Å²) >= 11 is 0. The highest BCUT2D eigenvalue weighted by molar-refractivity contribution is 4.63. The molecule has 0 aliphatic carbocycles. The van der Waals surface area contributed by atoms with Crippen LogP contribution in [0.2, 0.25) is 0 Å². The fourth-order valence-electron chi connectivity index (χ4n) is 2.51. The highest BCUT2D eigenvalue weighted by Crippen LogP contribution is 2.23. The van der Waals surface area contributed by atoms with Crippen LogP contribution in [-0.2, 0) is 0 Å².